The molecule has 0 saturated carbocycles. The van der Waals surface area contributed by atoms with Crippen LogP contribution in [0.2, 0.25) is 0 Å². The summed E-state index contributed by atoms with van der Waals surface area (Å²) in [6, 6.07) is 8.60. The highest BCUT2D eigenvalue weighted by atomic mass is 79.9. The van der Waals surface area contributed by atoms with Crippen molar-refractivity contribution in [2.45, 2.75) is 13.0 Å². The van der Waals surface area contributed by atoms with Gasteiger partial charge in [0.1, 0.15) is 0 Å². The molecule has 1 atom stereocenters. The summed E-state index contributed by atoms with van der Waals surface area (Å²) in [6.45, 7) is 1.65. The number of esters is 1. The minimum absolute atomic E-state index is 0.266. The molecule has 116 valence electrons. The number of carbonyl (C=O) groups is 1. The molecule has 0 unspecified atom stereocenters. The first-order valence-corrected chi connectivity index (χ1v) is 7.64. The van der Waals surface area contributed by atoms with Crippen molar-refractivity contribution in [2.24, 2.45) is 0 Å². The molecule has 3 rings (SSSR count). The zero-order chi connectivity index (χ0) is 16.4. The van der Waals surface area contributed by atoms with E-state index in [1.54, 1.807) is 43.5 Å². The van der Waals surface area contributed by atoms with Crippen molar-refractivity contribution in [1.29, 1.82) is 0 Å². The molecule has 3 aromatic rings. The van der Waals surface area contributed by atoms with Crippen LogP contribution in [0.3, 0.4) is 0 Å². The molecule has 23 heavy (non-hydrogen) atoms. The van der Waals surface area contributed by atoms with Crippen LogP contribution in [0.4, 0.5) is 0 Å². The summed E-state index contributed by atoms with van der Waals surface area (Å²) in [7, 11) is 0. The smallest absolute Gasteiger partial charge is 0.340 e. The van der Waals surface area contributed by atoms with Gasteiger partial charge in [-0.1, -0.05) is 12.1 Å². The second-order valence-corrected chi connectivity index (χ2v) is 5.82. The molecule has 1 aromatic carbocycles. The van der Waals surface area contributed by atoms with Crippen molar-refractivity contribution in [2.75, 3.05) is 0 Å². The van der Waals surface area contributed by atoms with E-state index in [4.69, 9.17) is 4.74 Å². The normalized spacial score (nSPS) is 12.1. The van der Waals surface area contributed by atoms with Crippen LogP contribution < -0.4 is 5.56 Å². The van der Waals surface area contributed by atoms with Crippen molar-refractivity contribution in [3.63, 3.8) is 0 Å². The van der Waals surface area contributed by atoms with Gasteiger partial charge in [-0.15, -0.1) is 0 Å². The molecule has 0 amide bonds. The van der Waals surface area contributed by atoms with Gasteiger partial charge in [-0.3, -0.25) is 9.78 Å². The molecule has 1 N–H and O–H groups in total. The lowest BCUT2D eigenvalue weighted by atomic mass is 10.2. The lowest BCUT2D eigenvalue weighted by Gasteiger charge is -2.13. The van der Waals surface area contributed by atoms with Crippen molar-refractivity contribution >= 4 is 32.8 Å². The molecule has 0 aliphatic rings. The minimum Gasteiger partial charge on any atom is -0.451 e. The van der Waals surface area contributed by atoms with E-state index in [1.165, 1.54) is 6.20 Å². The molecule has 0 aliphatic carbocycles. The number of para-hydroxylation sites is 1. The van der Waals surface area contributed by atoms with Gasteiger partial charge in [0.2, 0.25) is 0 Å². The molecule has 0 spiro atoms. The Morgan fingerprint density at radius 2 is 2.09 bits per heavy atom. The third kappa shape index (κ3) is 3.29. The van der Waals surface area contributed by atoms with E-state index in [0.717, 1.165) is 0 Å². The number of fused-ring (bicyclic) bond motifs is 1. The van der Waals surface area contributed by atoms with Gasteiger partial charge in [0, 0.05) is 16.9 Å². The fourth-order valence-corrected chi connectivity index (χ4v) is 2.47. The van der Waals surface area contributed by atoms with E-state index in [2.05, 4.69) is 30.9 Å². The van der Waals surface area contributed by atoms with E-state index >= 15 is 0 Å². The van der Waals surface area contributed by atoms with Gasteiger partial charge >= 0.3 is 5.97 Å². The summed E-state index contributed by atoms with van der Waals surface area (Å²) >= 11 is 3.25. The average molecular weight is 374 g/mol. The fourth-order valence-electron chi connectivity index (χ4n) is 2.10. The maximum atomic E-state index is 12.1. The number of nitrogens with zero attached hydrogens (tertiary/aromatic N) is 2. The number of aromatic nitrogens is 3. The molecule has 0 bridgehead atoms. The first-order valence-electron chi connectivity index (χ1n) is 6.85. The van der Waals surface area contributed by atoms with Gasteiger partial charge in [-0.2, -0.15) is 0 Å². The first kappa shape index (κ1) is 15.4. The largest absolute Gasteiger partial charge is 0.451 e. The molecule has 0 fully saturated rings. The average Bonchev–Trinajstić information content (AvgIpc) is 2.54. The summed E-state index contributed by atoms with van der Waals surface area (Å²) < 4.78 is 6.03. The van der Waals surface area contributed by atoms with Gasteiger partial charge in [-0.05, 0) is 41.1 Å². The number of halogens is 1. The van der Waals surface area contributed by atoms with E-state index in [1.807, 2.05) is 0 Å². The highest BCUT2D eigenvalue weighted by Crippen LogP contribution is 2.17. The van der Waals surface area contributed by atoms with E-state index in [0.29, 0.717) is 26.8 Å². The summed E-state index contributed by atoms with van der Waals surface area (Å²) in [5, 5.41) is 0.492. The SMILES string of the molecule is C[C@@H](OC(=O)c1cncc(Br)c1)c1nc2ccccc2c(=O)[nH]1. The number of pyridine rings is 1. The van der Waals surface area contributed by atoms with E-state index in [9.17, 15) is 9.59 Å². The number of hydrogen-bond acceptors (Lipinski definition) is 5. The van der Waals surface area contributed by atoms with Gasteiger partial charge in [0.05, 0.1) is 16.5 Å². The topological polar surface area (TPSA) is 84.9 Å². The predicted molar refractivity (Wildman–Crippen MR) is 88.1 cm³/mol. The zero-order valence-corrected chi connectivity index (χ0v) is 13.7. The summed E-state index contributed by atoms with van der Waals surface area (Å²) in [4.78, 5) is 35.1. The van der Waals surface area contributed by atoms with Crippen LogP contribution in [-0.4, -0.2) is 20.9 Å². The highest BCUT2D eigenvalue weighted by molar-refractivity contribution is 9.10. The van der Waals surface area contributed by atoms with Crippen LogP contribution in [0.15, 0.2) is 52.0 Å². The maximum Gasteiger partial charge on any atom is 0.340 e. The Kier molecular flexibility index (Phi) is 4.20. The van der Waals surface area contributed by atoms with Crippen LogP contribution >= 0.6 is 15.9 Å². The van der Waals surface area contributed by atoms with Gasteiger partial charge in [-0.25, -0.2) is 9.78 Å². The Hall–Kier alpha value is -2.54. The third-order valence-corrected chi connectivity index (χ3v) is 3.67. The molecule has 6 nitrogen and oxygen atoms in total. The van der Waals surface area contributed by atoms with Crippen LogP contribution in [0.25, 0.3) is 10.9 Å². The molecule has 7 heteroatoms. The number of ether oxygens (including phenoxy) is 1. The second-order valence-electron chi connectivity index (χ2n) is 4.91. The molecule has 0 saturated heterocycles. The maximum absolute atomic E-state index is 12.1. The Morgan fingerprint density at radius 3 is 2.87 bits per heavy atom. The van der Waals surface area contributed by atoms with Gasteiger partial charge < -0.3 is 9.72 Å². The molecule has 0 radical (unpaired) electrons. The summed E-state index contributed by atoms with van der Waals surface area (Å²) in [5.74, 6) is -0.243. The highest BCUT2D eigenvalue weighted by Gasteiger charge is 2.17. The fraction of sp³-hybridized carbons (Fsp3) is 0.125. The van der Waals surface area contributed by atoms with E-state index < -0.39 is 12.1 Å². The van der Waals surface area contributed by atoms with Gasteiger partial charge in [0.25, 0.3) is 5.56 Å². The van der Waals surface area contributed by atoms with Crippen LogP contribution in [-0.2, 0) is 4.74 Å². The van der Waals surface area contributed by atoms with Crippen molar-refractivity contribution in [3.05, 3.63) is 68.9 Å². The Labute approximate surface area is 139 Å². The number of benzene rings is 1. The quantitative estimate of drug-likeness (QED) is 0.713. The van der Waals surface area contributed by atoms with Gasteiger partial charge in [0.15, 0.2) is 11.9 Å². The lowest BCUT2D eigenvalue weighted by molar-refractivity contribution is 0.0319. The predicted octanol–water partition coefficient (Wildman–Crippen LogP) is 3.00. The summed E-state index contributed by atoms with van der Waals surface area (Å²) in [6.07, 6.45) is 2.29. The molecule has 2 aromatic heterocycles. The van der Waals surface area contributed by atoms with Crippen molar-refractivity contribution in [3.8, 4) is 0 Å². The standard InChI is InChI=1S/C16H12BrN3O3/c1-9(23-16(22)10-6-11(17)8-18-7-10)14-19-13-5-3-2-4-12(13)15(21)20-14/h2-9H,1H3,(H,19,20,21)/t9-/m1/s1. The number of hydrogen-bond donors (Lipinski definition) is 1. The number of nitrogens with one attached hydrogen (secondary N) is 1. The van der Waals surface area contributed by atoms with Crippen LogP contribution in [0.5, 0.6) is 0 Å². The third-order valence-electron chi connectivity index (χ3n) is 3.24. The lowest BCUT2D eigenvalue weighted by Crippen LogP contribution is -2.17. The van der Waals surface area contributed by atoms with E-state index in [-0.39, 0.29) is 5.56 Å². The zero-order valence-electron chi connectivity index (χ0n) is 12.1. The summed E-state index contributed by atoms with van der Waals surface area (Å²) in [5.41, 5.74) is 0.602. The molecular formula is C16H12BrN3O3. The van der Waals surface area contributed by atoms with Crippen LogP contribution in [0.1, 0.15) is 29.2 Å². The number of rotatable bonds is 3. The number of H-pyrrole nitrogens is 1. The minimum atomic E-state index is -0.696. The molecule has 0 aliphatic heterocycles. The molecular weight excluding hydrogens is 362 g/mol. The first-order chi connectivity index (χ1) is 11.0. The Balaban J connectivity index is 1.87. The second kappa shape index (κ2) is 6.29. The Bertz CT molecular complexity index is 939. The van der Waals surface area contributed by atoms with Crippen molar-refractivity contribution < 1.29 is 9.53 Å². The Morgan fingerprint density at radius 1 is 1.30 bits per heavy atom. The number of aromatic amines is 1. The molecule has 2 heterocycles. The van der Waals surface area contributed by atoms with Crippen LogP contribution in [0, 0.1) is 0 Å². The van der Waals surface area contributed by atoms with Crippen molar-refractivity contribution in [1.82, 2.24) is 15.0 Å². The monoisotopic (exact) mass is 373 g/mol. The number of carbonyl (C=O) groups excluding carboxylic acids is 1.